The Hall–Kier alpha value is -0.740. The van der Waals surface area contributed by atoms with Gasteiger partial charge in [0.1, 0.15) is 0 Å². The van der Waals surface area contributed by atoms with Gasteiger partial charge in [0.25, 0.3) is 0 Å². The van der Waals surface area contributed by atoms with E-state index in [9.17, 15) is 5.11 Å². The molecule has 1 aromatic carbocycles. The largest absolute Gasteiger partial charge is 0.504 e. The van der Waals surface area contributed by atoms with Crippen molar-refractivity contribution in [1.29, 1.82) is 0 Å². The summed E-state index contributed by atoms with van der Waals surface area (Å²) in [5.41, 5.74) is 6.50. The molecule has 0 unspecified atom stereocenters. The maximum Gasteiger partial charge on any atom is 0.164 e. The number of nitrogens with two attached hydrogens (primary N) is 1. The van der Waals surface area contributed by atoms with Crippen molar-refractivity contribution in [2.75, 3.05) is 7.11 Å². The molecule has 0 spiro atoms. The van der Waals surface area contributed by atoms with Crippen molar-refractivity contribution in [3.05, 3.63) is 22.2 Å². The number of phenols is 1. The Labute approximate surface area is 98.4 Å². The average molecular weight is 274 g/mol. The molecule has 0 aliphatic heterocycles. The van der Waals surface area contributed by atoms with Crippen LogP contribution in [0.15, 0.2) is 16.6 Å². The van der Waals surface area contributed by atoms with Crippen LogP contribution in [0.25, 0.3) is 0 Å². The zero-order chi connectivity index (χ0) is 11.6. The molecule has 0 amide bonds. The van der Waals surface area contributed by atoms with Crippen LogP contribution in [0.3, 0.4) is 0 Å². The number of ether oxygens (including phenoxy) is 1. The van der Waals surface area contributed by atoms with Crippen LogP contribution in [0.2, 0.25) is 0 Å². The van der Waals surface area contributed by atoms with Gasteiger partial charge < -0.3 is 15.6 Å². The van der Waals surface area contributed by atoms with Crippen LogP contribution in [-0.2, 0) is 6.42 Å². The van der Waals surface area contributed by atoms with Crippen LogP contribution in [0.5, 0.6) is 11.5 Å². The predicted octanol–water partition coefficient (Wildman–Crippen LogP) is 2.44. The Kier molecular flexibility index (Phi) is 3.62. The third-order valence-corrected chi connectivity index (χ3v) is 2.76. The minimum Gasteiger partial charge on any atom is -0.504 e. The molecule has 0 radical (unpaired) electrons. The zero-order valence-corrected chi connectivity index (χ0v) is 10.8. The van der Waals surface area contributed by atoms with Crippen molar-refractivity contribution in [2.24, 2.45) is 5.73 Å². The van der Waals surface area contributed by atoms with Crippen LogP contribution in [0, 0.1) is 0 Å². The van der Waals surface area contributed by atoms with Crippen LogP contribution >= 0.6 is 15.9 Å². The lowest BCUT2D eigenvalue weighted by Gasteiger charge is -2.21. The molecule has 3 N–H and O–H groups in total. The minimum absolute atomic E-state index is 0.139. The fourth-order valence-corrected chi connectivity index (χ4v) is 1.89. The fraction of sp³-hybridized carbons (Fsp3) is 0.455. The minimum atomic E-state index is -0.344. The number of hydrogen-bond acceptors (Lipinski definition) is 3. The topological polar surface area (TPSA) is 55.5 Å². The number of halogens is 1. The highest BCUT2D eigenvalue weighted by Gasteiger charge is 2.19. The smallest absolute Gasteiger partial charge is 0.164 e. The van der Waals surface area contributed by atoms with Gasteiger partial charge in [-0.2, -0.15) is 0 Å². The summed E-state index contributed by atoms with van der Waals surface area (Å²) in [6, 6.07) is 3.38. The summed E-state index contributed by atoms with van der Waals surface area (Å²) < 4.78 is 6.07. The zero-order valence-electron chi connectivity index (χ0n) is 9.17. The lowest BCUT2D eigenvalue weighted by atomic mass is 9.95. The van der Waals surface area contributed by atoms with E-state index >= 15 is 0 Å². The Bertz CT molecular complexity index is 358. The number of benzene rings is 1. The van der Waals surface area contributed by atoms with E-state index in [0.29, 0.717) is 12.2 Å². The van der Waals surface area contributed by atoms with Gasteiger partial charge >= 0.3 is 0 Å². The molecule has 3 nitrogen and oxygen atoms in total. The molecule has 0 aliphatic rings. The van der Waals surface area contributed by atoms with E-state index in [0.717, 1.165) is 10.0 Å². The standard InChI is InChI=1S/C11H16BrNO2/c1-11(2,13)6-7-8(12)4-5-9(14)10(7)15-3/h4-5,14H,6,13H2,1-3H3. The third-order valence-electron chi connectivity index (χ3n) is 2.02. The summed E-state index contributed by atoms with van der Waals surface area (Å²) in [5, 5.41) is 9.63. The monoisotopic (exact) mass is 273 g/mol. The first-order valence-electron chi connectivity index (χ1n) is 4.68. The van der Waals surface area contributed by atoms with Crippen molar-refractivity contribution in [3.63, 3.8) is 0 Å². The fourth-order valence-electron chi connectivity index (χ4n) is 1.44. The van der Waals surface area contributed by atoms with Gasteiger partial charge in [-0.25, -0.2) is 0 Å². The van der Waals surface area contributed by atoms with Crippen molar-refractivity contribution in [1.82, 2.24) is 0 Å². The molecule has 0 bridgehead atoms. The van der Waals surface area contributed by atoms with E-state index in [1.165, 1.54) is 7.11 Å². The molecule has 0 saturated carbocycles. The highest BCUT2D eigenvalue weighted by molar-refractivity contribution is 9.10. The molecule has 0 saturated heterocycles. The maximum absolute atomic E-state index is 9.63. The van der Waals surface area contributed by atoms with Gasteiger partial charge in [0.05, 0.1) is 7.11 Å². The first-order valence-corrected chi connectivity index (χ1v) is 5.47. The van der Waals surface area contributed by atoms with E-state index in [-0.39, 0.29) is 11.3 Å². The molecule has 0 aromatic heterocycles. The van der Waals surface area contributed by atoms with Gasteiger partial charge in [-0.1, -0.05) is 15.9 Å². The first kappa shape index (κ1) is 12.3. The Balaban J connectivity index is 3.20. The van der Waals surface area contributed by atoms with Crippen LogP contribution in [0.4, 0.5) is 0 Å². The number of hydrogen-bond donors (Lipinski definition) is 2. The second kappa shape index (κ2) is 4.41. The van der Waals surface area contributed by atoms with E-state index in [1.807, 2.05) is 13.8 Å². The summed E-state index contributed by atoms with van der Waals surface area (Å²) in [6.45, 7) is 3.87. The summed E-state index contributed by atoms with van der Waals surface area (Å²) in [4.78, 5) is 0. The van der Waals surface area contributed by atoms with Crippen LogP contribution < -0.4 is 10.5 Å². The highest BCUT2D eigenvalue weighted by Crippen LogP contribution is 2.36. The van der Waals surface area contributed by atoms with Crippen molar-refractivity contribution < 1.29 is 9.84 Å². The summed E-state index contributed by atoms with van der Waals surface area (Å²) in [6.07, 6.45) is 0.630. The van der Waals surface area contributed by atoms with Crippen LogP contribution in [-0.4, -0.2) is 17.8 Å². The quantitative estimate of drug-likeness (QED) is 0.890. The van der Waals surface area contributed by atoms with E-state index in [1.54, 1.807) is 12.1 Å². The molecule has 0 atom stereocenters. The number of rotatable bonds is 3. The molecule has 1 rings (SSSR count). The van der Waals surface area contributed by atoms with Crippen molar-refractivity contribution in [2.45, 2.75) is 25.8 Å². The molecule has 84 valence electrons. The van der Waals surface area contributed by atoms with Gasteiger partial charge in [0.15, 0.2) is 11.5 Å². The molecule has 4 heteroatoms. The Morgan fingerprint density at radius 3 is 2.53 bits per heavy atom. The Morgan fingerprint density at radius 1 is 1.47 bits per heavy atom. The molecule has 15 heavy (non-hydrogen) atoms. The molecule has 0 fully saturated rings. The summed E-state index contributed by atoms with van der Waals surface area (Å²) >= 11 is 3.43. The van der Waals surface area contributed by atoms with Gasteiger partial charge in [-0.15, -0.1) is 0 Å². The van der Waals surface area contributed by atoms with Gasteiger partial charge in [-0.05, 0) is 32.4 Å². The van der Waals surface area contributed by atoms with Gasteiger partial charge in [0.2, 0.25) is 0 Å². The van der Waals surface area contributed by atoms with Gasteiger partial charge in [0, 0.05) is 15.6 Å². The molecule has 0 aliphatic carbocycles. The summed E-state index contributed by atoms with van der Waals surface area (Å²) in [7, 11) is 1.54. The number of phenolic OH excluding ortho intramolecular Hbond substituents is 1. The number of aromatic hydroxyl groups is 1. The highest BCUT2D eigenvalue weighted by atomic mass is 79.9. The van der Waals surface area contributed by atoms with E-state index in [4.69, 9.17) is 10.5 Å². The van der Waals surface area contributed by atoms with Gasteiger partial charge in [-0.3, -0.25) is 0 Å². The number of methoxy groups -OCH3 is 1. The lowest BCUT2D eigenvalue weighted by molar-refractivity contribution is 0.364. The second-order valence-electron chi connectivity index (χ2n) is 4.24. The lowest BCUT2D eigenvalue weighted by Crippen LogP contribution is -2.34. The second-order valence-corrected chi connectivity index (χ2v) is 5.10. The summed E-state index contributed by atoms with van der Waals surface area (Å²) in [5.74, 6) is 0.628. The molecular formula is C11H16BrNO2. The van der Waals surface area contributed by atoms with E-state index < -0.39 is 0 Å². The maximum atomic E-state index is 9.63. The predicted molar refractivity (Wildman–Crippen MR) is 64.3 cm³/mol. The van der Waals surface area contributed by atoms with Crippen molar-refractivity contribution in [3.8, 4) is 11.5 Å². The first-order chi connectivity index (χ1) is 6.85. The third kappa shape index (κ3) is 3.11. The molecular weight excluding hydrogens is 258 g/mol. The molecule has 1 aromatic rings. The Morgan fingerprint density at radius 2 is 2.07 bits per heavy atom. The van der Waals surface area contributed by atoms with Crippen LogP contribution in [0.1, 0.15) is 19.4 Å². The van der Waals surface area contributed by atoms with Crippen molar-refractivity contribution >= 4 is 15.9 Å². The van der Waals surface area contributed by atoms with E-state index in [2.05, 4.69) is 15.9 Å². The SMILES string of the molecule is COc1c(O)ccc(Br)c1CC(C)(C)N. The normalized spacial score (nSPS) is 11.5. The molecule has 0 heterocycles. The average Bonchev–Trinajstić information content (AvgIpc) is 2.10.